The summed E-state index contributed by atoms with van der Waals surface area (Å²) in [5.41, 5.74) is 0. The van der Waals surface area contributed by atoms with E-state index in [-0.39, 0.29) is 11.6 Å². The van der Waals surface area contributed by atoms with Crippen molar-refractivity contribution in [1.29, 1.82) is 0 Å². The Bertz CT molecular complexity index is 193. The number of hydrogen-bond donors (Lipinski definition) is 0. The van der Waals surface area contributed by atoms with E-state index >= 15 is 0 Å². The van der Waals surface area contributed by atoms with Crippen molar-refractivity contribution in [2.24, 2.45) is 0 Å². The van der Waals surface area contributed by atoms with Gasteiger partial charge in [-0.1, -0.05) is 6.08 Å². The SMILES string of the molecule is COC1C(=O)C=CCC1=O. The number of carbonyl (C=O) groups is 2. The molecular weight excluding hydrogens is 132 g/mol. The van der Waals surface area contributed by atoms with Gasteiger partial charge in [0, 0.05) is 13.5 Å². The van der Waals surface area contributed by atoms with Crippen molar-refractivity contribution in [2.75, 3.05) is 7.11 Å². The molecule has 0 aromatic carbocycles. The number of ether oxygens (including phenoxy) is 1. The zero-order chi connectivity index (χ0) is 7.56. The smallest absolute Gasteiger partial charge is 0.191 e. The lowest BCUT2D eigenvalue weighted by molar-refractivity contribution is -0.138. The van der Waals surface area contributed by atoms with Gasteiger partial charge in [0.25, 0.3) is 0 Å². The number of allylic oxidation sites excluding steroid dienone is 1. The van der Waals surface area contributed by atoms with Gasteiger partial charge in [0.2, 0.25) is 0 Å². The Morgan fingerprint density at radius 3 is 2.70 bits per heavy atom. The van der Waals surface area contributed by atoms with Crippen molar-refractivity contribution in [1.82, 2.24) is 0 Å². The first-order valence-corrected chi connectivity index (χ1v) is 3.01. The largest absolute Gasteiger partial charge is 0.365 e. The van der Waals surface area contributed by atoms with Crippen LogP contribution in [0.4, 0.5) is 0 Å². The van der Waals surface area contributed by atoms with E-state index in [4.69, 9.17) is 0 Å². The van der Waals surface area contributed by atoms with Gasteiger partial charge in [-0.25, -0.2) is 0 Å². The fraction of sp³-hybridized carbons (Fsp3) is 0.429. The van der Waals surface area contributed by atoms with Gasteiger partial charge in [-0.05, 0) is 6.08 Å². The Balaban J connectivity index is 2.77. The van der Waals surface area contributed by atoms with Gasteiger partial charge in [0.15, 0.2) is 17.7 Å². The Morgan fingerprint density at radius 2 is 2.30 bits per heavy atom. The summed E-state index contributed by atoms with van der Waals surface area (Å²) in [4.78, 5) is 21.6. The molecule has 0 spiro atoms. The summed E-state index contributed by atoms with van der Waals surface area (Å²) in [7, 11) is 1.36. The van der Waals surface area contributed by atoms with Gasteiger partial charge in [-0.3, -0.25) is 9.59 Å². The van der Waals surface area contributed by atoms with E-state index in [0.717, 1.165) is 0 Å². The van der Waals surface area contributed by atoms with Gasteiger partial charge >= 0.3 is 0 Å². The zero-order valence-corrected chi connectivity index (χ0v) is 5.66. The van der Waals surface area contributed by atoms with Crippen LogP contribution < -0.4 is 0 Å². The van der Waals surface area contributed by atoms with Crippen LogP contribution in [0.5, 0.6) is 0 Å². The molecule has 0 fully saturated rings. The van der Waals surface area contributed by atoms with E-state index in [1.54, 1.807) is 6.08 Å². The number of rotatable bonds is 1. The average Bonchev–Trinajstić information content (AvgIpc) is 1.88. The highest BCUT2D eigenvalue weighted by molar-refractivity contribution is 6.12. The second-order valence-corrected chi connectivity index (χ2v) is 2.09. The Morgan fingerprint density at radius 1 is 1.60 bits per heavy atom. The summed E-state index contributed by atoms with van der Waals surface area (Å²) >= 11 is 0. The van der Waals surface area contributed by atoms with Crippen LogP contribution in [0.1, 0.15) is 6.42 Å². The summed E-state index contributed by atoms with van der Waals surface area (Å²) in [6.45, 7) is 0. The predicted molar refractivity (Wildman–Crippen MR) is 34.6 cm³/mol. The highest BCUT2D eigenvalue weighted by Gasteiger charge is 2.25. The lowest BCUT2D eigenvalue weighted by Gasteiger charge is -2.12. The van der Waals surface area contributed by atoms with Crippen molar-refractivity contribution in [3.8, 4) is 0 Å². The molecule has 0 aromatic heterocycles. The molecule has 0 N–H and O–H groups in total. The molecule has 0 saturated heterocycles. The molecule has 0 amide bonds. The van der Waals surface area contributed by atoms with E-state index in [1.165, 1.54) is 13.2 Å². The molecule has 1 rings (SSSR count). The first-order valence-electron chi connectivity index (χ1n) is 3.01. The van der Waals surface area contributed by atoms with Crippen molar-refractivity contribution < 1.29 is 14.3 Å². The molecule has 0 heterocycles. The number of Topliss-reactive ketones (excluding diaryl/α,β-unsaturated/α-hetero) is 1. The molecule has 54 valence electrons. The monoisotopic (exact) mass is 140 g/mol. The predicted octanol–water partition coefficient (Wildman–Crippen LogP) is 0.0995. The number of methoxy groups -OCH3 is 1. The minimum atomic E-state index is -0.843. The quantitative estimate of drug-likeness (QED) is 0.485. The topological polar surface area (TPSA) is 43.4 Å². The van der Waals surface area contributed by atoms with Crippen molar-refractivity contribution in [3.05, 3.63) is 12.2 Å². The standard InChI is InChI=1S/C7H8O3/c1-10-7-5(8)3-2-4-6(7)9/h2-3,7H,4H2,1H3. The van der Waals surface area contributed by atoms with Crippen LogP contribution in [0, 0.1) is 0 Å². The van der Waals surface area contributed by atoms with E-state index in [2.05, 4.69) is 4.74 Å². The van der Waals surface area contributed by atoms with E-state index in [0.29, 0.717) is 6.42 Å². The van der Waals surface area contributed by atoms with Gasteiger partial charge in [-0.2, -0.15) is 0 Å². The van der Waals surface area contributed by atoms with Gasteiger partial charge < -0.3 is 4.74 Å². The first-order chi connectivity index (χ1) is 4.75. The Kier molecular flexibility index (Phi) is 1.97. The van der Waals surface area contributed by atoms with Gasteiger partial charge in [-0.15, -0.1) is 0 Å². The molecule has 1 aliphatic carbocycles. The highest BCUT2D eigenvalue weighted by atomic mass is 16.5. The van der Waals surface area contributed by atoms with Crippen LogP contribution in [0.25, 0.3) is 0 Å². The molecular formula is C7H8O3. The lowest BCUT2D eigenvalue weighted by Crippen LogP contribution is -2.32. The fourth-order valence-electron chi connectivity index (χ4n) is 0.892. The maximum atomic E-state index is 10.8. The summed E-state index contributed by atoms with van der Waals surface area (Å²) in [6, 6.07) is 0. The molecule has 1 atom stereocenters. The second kappa shape index (κ2) is 2.75. The van der Waals surface area contributed by atoms with Gasteiger partial charge in [0.1, 0.15) is 0 Å². The molecule has 0 bridgehead atoms. The third-order valence-electron chi connectivity index (χ3n) is 1.39. The normalized spacial score (nSPS) is 25.5. The molecule has 0 saturated carbocycles. The minimum Gasteiger partial charge on any atom is -0.365 e. The summed E-state index contributed by atoms with van der Waals surface area (Å²) in [5, 5.41) is 0. The van der Waals surface area contributed by atoms with E-state index in [9.17, 15) is 9.59 Å². The van der Waals surface area contributed by atoms with Crippen LogP contribution in [0.3, 0.4) is 0 Å². The van der Waals surface area contributed by atoms with Crippen LogP contribution in [-0.4, -0.2) is 24.8 Å². The number of carbonyl (C=O) groups excluding carboxylic acids is 2. The second-order valence-electron chi connectivity index (χ2n) is 2.09. The van der Waals surface area contributed by atoms with Crippen molar-refractivity contribution in [3.63, 3.8) is 0 Å². The molecule has 3 nitrogen and oxygen atoms in total. The fourth-order valence-corrected chi connectivity index (χ4v) is 0.892. The highest BCUT2D eigenvalue weighted by Crippen LogP contribution is 2.05. The Hall–Kier alpha value is -0.960. The molecule has 1 unspecified atom stereocenters. The van der Waals surface area contributed by atoms with Crippen LogP contribution >= 0.6 is 0 Å². The number of ketones is 2. The van der Waals surface area contributed by atoms with Crippen LogP contribution in [-0.2, 0) is 14.3 Å². The minimum absolute atomic E-state index is 0.157. The molecule has 3 heteroatoms. The summed E-state index contributed by atoms with van der Waals surface area (Å²) in [5.74, 6) is -0.409. The maximum Gasteiger partial charge on any atom is 0.191 e. The summed E-state index contributed by atoms with van der Waals surface area (Å²) in [6.07, 6.45) is 2.41. The van der Waals surface area contributed by atoms with Gasteiger partial charge in [0.05, 0.1) is 0 Å². The zero-order valence-electron chi connectivity index (χ0n) is 5.66. The molecule has 10 heavy (non-hydrogen) atoms. The van der Waals surface area contributed by atoms with Crippen LogP contribution in [0.15, 0.2) is 12.2 Å². The first kappa shape index (κ1) is 7.15. The average molecular weight is 140 g/mol. The van der Waals surface area contributed by atoms with E-state index in [1.807, 2.05) is 0 Å². The molecule has 0 aliphatic heterocycles. The summed E-state index contributed by atoms with van der Waals surface area (Å²) < 4.78 is 4.67. The van der Waals surface area contributed by atoms with Crippen molar-refractivity contribution >= 4 is 11.6 Å². The third-order valence-corrected chi connectivity index (χ3v) is 1.39. The van der Waals surface area contributed by atoms with Crippen LogP contribution in [0.2, 0.25) is 0 Å². The third kappa shape index (κ3) is 1.14. The van der Waals surface area contributed by atoms with E-state index < -0.39 is 6.10 Å². The molecule has 1 aliphatic rings. The maximum absolute atomic E-state index is 10.8. The Labute approximate surface area is 58.7 Å². The molecule has 0 radical (unpaired) electrons. The number of hydrogen-bond acceptors (Lipinski definition) is 3. The molecule has 0 aromatic rings. The van der Waals surface area contributed by atoms with Crippen molar-refractivity contribution in [2.45, 2.75) is 12.5 Å². The lowest BCUT2D eigenvalue weighted by atomic mass is 10.0.